The van der Waals surface area contributed by atoms with E-state index < -0.39 is 46.4 Å². The second-order valence-electron chi connectivity index (χ2n) is 11.1. The van der Waals surface area contributed by atoms with E-state index in [0.717, 1.165) is 28.4 Å². The number of rotatable bonds is 10. The van der Waals surface area contributed by atoms with Crippen LogP contribution >= 0.6 is 0 Å². The predicted molar refractivity (Wildman–Crippen MR) is 169 cm³/mol. The number of benzene rings is 3. The Balaban J connectivity index is 1.14. The van der Waals surface area contributed by atoms with E-state index in [4.69, 9.17) is 14.3 Å². The summed E-state index contributed by atoms with van der Waals surface area (Å²) in [7, 11) is -4.43. The van der Waals surface area contributed by atoms with Crippen molar-refractivity contribution >= 4 is 22.1 Å². The molecule has 0 aliphatic carbocycles. The summed E-state index contributed by atoms with van der Waals surface area (Å²) in [6.45, 7) is 3.38. The Morgan fingerprint density at radius 3 is 2.28 bits per heavy atom. The van der Waals surface area contributed by atoms with Crippen LogP contribution in [0.3, 0.4) is 0 Å². The monoisotopic (exact) mass is 716 g/mol. The minimum Gasteiger partial charge on any atom is -0.569 e. The molecule has 0 saturated carbocycles. The molecule has 1 aromatic heterocycles. The van der Waals surface area contributed by atoms with Crippen LogP contribution in [0.2, 0.25) is 0 Å². The first-order valence-corrected chi connectivity index (χ1v) is 16.6. The highest BCUT2D eigenvalue weighted by Gasteiger charge is 2.35. The molecule has 5 rings (SSSR count). The van der Waals surface area contributed by atoms with Gasteiger partial charge in [-0.05, 0) is 49.4 Å². The minimum atomic E-state index is -4.72. The predicted octanol–water partition coefficient (Wildman–Crippen LogP) is 5.76. The van der Waals surface area contributed by atoms with E-state index in [0.29, 0.717) is 11.1 Å². The maximum atomic E-state index is 13.5. The molecule has 1 saturated heterocycles. The Hall–Kier alpha value is -5.65. The van der Waals surface area contributed by atoms with E-state index >= 15 is 0 Å². The van der Waals surface area contributed by atoms with Gasteiger partial charge in [-0.25, -0.2) is 27.4 Å². The van der Waals surface area contributed by atoms with Crippen molar-refractivity contribution in [1.82, 2.24) is 19.5 Å². The molecule has 1 amide bonds. The molecule has 1 atom stereocenters. The second kappa shape index (κ2) is 14.9. The molecule has 1 aliphatic rings. The number of sulfonamides is 1. The van der Waals surface area contributed by atoms with Crippen molar-refractivity contribution in [3.05, 3.63) is 107 Å². The fourth-order valence-corrected chi connectivity index (χ4v) is 5.74. The average Bonchev–Trinajstić information content (AvgIpc) is 3.55. The summed E-state index contributed by atoms with van der Waals surface area (Å²) in [5.41, 5.74) is 0.833. The maximum Gasteiger partial charge on any atom is 0.435 e. The first-order chi connectivity index (χ1) is 23.7. The number of hydrogen-bond acceptors (Lipinski definition) is 10. The molecule has 1 aliphatic heterocycles. The molecule has 50 heavy (non-hydrogen) atoms. The Labute approximate surface area is 284 Å². The SMILES string of the molecule is Cc1ccc(-c2cc(C(F)(F)F)nn2-c2ccc(S(=O)(=O)NC(=O)OC3CCN([N+]([O-])=NOC(C)OC(=O)c4ccccc4)CC3)cc2)cc1. The number of hydrazine groups is 1. The van der Waals surface area contributed by atoms with Crippen molar-refractivity contribution in [2.24, 2.45) is 5.28 Å². The molecule has 1 fully saturated rings. The van der Waals surface area contributed by atoms with Crippen molar-refractivity contribution in [2.75, 3.05) is 13.1 Å². The van der Waals surface area contributed by atoms with Crippen molar-refractivity contribution in [2.45, 2.75) is 50.2 Å². The molecule has 1 unspecified atom stereocenters. The molecule has 18 heteroatoms. The van der Waals surface area contributed by atoms with Crippen LogP contribution in [0.15, 0.2) is 95.1 Å². The lowest BCUT2D eigenvalue weighted by Gasteiger charge is -2.28. The van der Waals surface area contributed by atoms with Crippen LogP contribution < -0.4 is 4.72 Å². The van der Waals surface area contributed by atoms with Gasteiger partial charge >= 0.3 is 18.2 Å². The third-order valence-corrected chi connectivity index (χ3v) is 8.77. The van der Waals surface area contributed by atoms with E-state index in [1.807, 2.05) is 11.6 Å². The van der Waals surface area contributed by atoms with Gasteiger partial charge in [0.1, 0.15) is 6.10 Å². The lowest BCUT2D eigenvalue weighted by molar-refractivity contribution is -0.715. The van der Waals surface area contributed by atoms with Crippen LogP contribution in [0, 0.1) is 12.1 Å². The Morgan fingerprint density at radius 1 is 1.02 bits per heavy atom. The van der Waals surface area contributed by atoms with Crippen molar-refractivity contribution in [1.29, 1.82) is 0 Å². The number of ether oxygens (including phenoxy) is 2. The van der Waals surface area contributed by atoms with Gasteiger partial charge < -0.3 is 14.7 Å². The van der Waals surface area contributed by atoms with Crippen molar-refractivity contribution < 1.29 is 50.5 Å². The largest absolute Gasteiger partial charge is 0.569 e. The van der Waals surface area contributed by atoms with Crippen LogP contribution in [-0.4, -0.2) is 65.7 Å². The topological polar surface area (TPSA) is 167 Å². The van der Waals surface area contributed by atoms with Crippen molar-refractivity contribution in [3.63, 3.8) is 0 Å². The number of piperidine rings is 1. The number of carbonyl (C=O) groups excluding carboxylic acids is 2. The standard InChI is InChI=1S/C32H31F3N6O8S/c1-21-8-10-23(11-9-21)28-20-29(32(33,34)35)36-40(28)25-12-14-27(15-13-25)50(45,46)37-31(43)48-26-16-18-39(19-17-26)41(44)38-49-22(2)47-30(42)24-6-4-3-5-7-24/h3-15,20,22,26H,16-19H2,1-2H3,(H,37,43). The molecular weight excluding hydrogens is 685 g/mol. The van der Waals surface area contributed by atoms with Gasteiger partial charge in [-0.1, -0.05) is 48.0 Å². The summed E-state index contributed by atoms with van der Waals surface area (Å²) in [6.07, 6.45) is -7.55. The number of nitrogens with zero attached hydrogens (tertiary/aromatic N) is 5. The van der Waals surface area contributed by atoms with Crippen LogP contribution in [-0.2, 0) is 30.5 Å². The highest BCUT2D eigenvalue weighted by atomic mass is 32.2. The summed E-state index contributed by atoms with van der Waals surface area (Å²) in [5, 5.41) is 20.7. The molecular formula is C32H31F3N6O8S. The zero-order valence-electron chi connectivity index (χ0n) is 26.6. The zero-order valence-corrected chi connectivity index (χ0v) is 27.4. The number of esters is 1. The van der Waals surface area contributed by atoms with Gasteiger partial charge in [0.05, 0.1) is 39.9 Å². The number of alkyl halides is 3. The fourth-order valence-electron chi connectivity index (χ4n) is 4.86. The normalized spacial score (nSPS) is 14.9. The number of carbonyl (C=O) groups is 2. The first kappa shape index (κ1) is 35.7. The van der Waals surface area contributed by atoms with Gasteiger partial charge in [0.2, 0.25) is 5.28 Å². The minimum absolute atomic E-state index is 0.0781. The maximum absolute atomic E-state index is 13.5. The number of nitrogens with one attached hydrogen (secondary N) is 1. The Morgan fingerprint density at radius 2 is 1.66 bits per heavy atom. The molecule has 2 heterocycles. The number of halogens is 3. The van der Waals surface area contributed by atoms with Crippen LogP contribution in [0.25, 0.3) is 16.9 Å². The van der Waals surface area contributed by atoms with Crippen molar-refractivity contribution in [3.8, 4) is 16.9 Å². The van der Waals surface area contributed by atoms with E-state index in [1.165, 1.54) is 24.1 Å². The van der Waals surface area contributed by atoms with Crippen LogP contribution in [0.1, 0.15) is 41.4 Å². The summed E-state index contributed by atoms with van der Waals surface area (Å²) in [5.74, 6) is -0.661. The van der Waals surface area contributed by atoms with Gasteiger partial charge in [-0.15, -0.1) is 5.01 Å². The molecule has 0 bridgehead atoms. The summed E-state index contributed by atoms with van der Waals surface area (Å²) in [4.78, 5) is 29.4. The van der Waals surface area contributed by atoms with Gasteiger partial charge in [0.15, 0.2) is 5.69 Å². The smallest absolute Gasteiger partial charge is 0.435 e. The molecule has 0 radical (unpaired) electrons. The van der Waals surface area contributed by atoms with Gasteiger partial charge in [-0.2, -0.15) is 18.3 Å². The Bertz CT molecular complexity index is 1950. The molecule has 264 valence electrons. The molecule has 1 N–H and O–H groups in total. The summed E-state index contributed by atoms with van der Waals surface area (Å²) in [6, 6.07) is 20.6. The number of aromatic nitrogens is 2. The number of amides is 1. The Kier molecular flexibility index (Phi) is 10.6. The van der Waals surface area contributed by atoms with E-state index in [-0.39, 0.29) is 47.2 Å². The molecule has 0 spiro atoms. The second-order valence-corrected chi connectivity index (χ2v) is 12.8. The lowest BCUT2D eigenvalue weighted by atomic mass is 10.1. The highest BCUT2D eigenvalue weighted by molar-refractivity contribution is 7.90. The van der Waals surface area contributed by atoms with E-state index in [9.17, 15) is 36.4 Å². The van der Waals surface area contributed by atoms with Gasteiger partial charge in [0.25, 0.3) is 16.3 Å². The van der Waals surface area contributed by atoms with Crippen LogP contribution in [0.4, 0.5) is 18.0 Å². The molecule has 14 nitrogen and oxygen atoms in total. The third kappa shape index (κ3) is 8.87. The average molecular weight is 717 g/mol. The van der Waals surface area contributed by atoms with Gasteiger partial charge in [0, 0.05) is 25.3 Å². The third-order valence-electron chi connectivity index (χ3n) is 7.44. The van der Waals surface area contributed by atoms with E-state index in [1.54, 1.807) is 54.6 Å². The quantitative estimate of drug-likeness (QED) is 0.0701. The highest BCUT2D eigenvalue weighted by Crippen LogP contribution is 2.33. The zero-order chi connectivity index (χ0) is 36.1. The molecule has 4 aromatic rings. The summed E-state index contributed by atoms with van der Waals surface area (Å²) < 4.78 is 79.6. The fraction of sp³-hybridized carbons (Fsp3) is 0.281. The van der Waals surface area contributed by atoms with Crippen LogP contribution in [0.5, 0.6) is 0 Å². The molecule has 3 aromatic carbocycles. The van der Waals surface area contributed by atoms with E-state index in [2.05, 4.69) is 10.4 Å². The number of aryl methyl sites for hydroxylation is 1. The number of hydrogen-bond donors (Lipinski definition) is 1. The summed E-state index contributed by atoms with van der Waals surface area (Å²) >= 11 is 0. The van der Waals surface area contributed by atoms with Gasteiger partial charge in [-0.3, -0.25) is 4.84 Å². The lowest BCUT2D eigenvalue weighted by Crippen LogP contribution is -2.43. The first-order valence-electron chi connectivity index (χ1n) is 15.1.